The molecule has 55 heavy (non-hydrogen) atoms. The van der Waals surface area contributed by atoms with Gasteiger partial charge in [-0.1, -0.05) is 39.0 Å². The predicted molar refractivity (Wildman–Crippen MR) is 178 cm³/mol. The van der Waals surface area contributed by atoms with E-state index >= 15 is 0 Å². The van der Waals surface area contributed by atoms with Gasteiger partial charge in [0.05, 0.1) is 59.0 Å². The lowest BCUT2D eigenvalue weighted by atomic mass is 9.88. The maximum atomic E-state index is 13.5. The highest BCUT2D eigenvalue weighted by atomic mass is 16.8. The molecule has 4 rings (SSSR count). The molecule has 0 spiro atoms. The molecule has 4 saturated heterocycles. The standard InChI is InChI=1S/C34H52N2O19/c1-6-7-8-9-10-11-12-48-33(29(42)46-4)13-21-24(36-32(45)52-21)28(54-33)26(51-18(3)39)20(41)16-49-34(30(43)47-5)14-22-23(35-31(44)53-22)27(55-34)25(19(40)15-37)50-17(2)38/h19-28,37,40-41H,6-16H2,1-5H3,(H,35,44)(H,36,45)/t19-,20-,21+,22+,23-,24-,25-,26-,27-,28-,33-,34?/m1/s1. The molecule has 0 radical (unpaired) electrons. The molecule has 4 aliphatic heterocycles. The highest BCUT2D eigenvalue weighted by Crippen LogP contribution is 2.41. The lowest BCUT2D eigenvalue weighted by Crippen LogP contribution is -2.67. The van der Waals surface area contributed by atoms with E-state index in [2.05, 4.69) is 17.6 Å². The van der Waals surface area contributed by atoms with Crippen molar-refractivity contribution in [1.82, 2.24) is 10.6 Å². The molecule has 1 unspecified atom stereocenters. The summed E-state index contributed by atoms with van der Waals surface area (Å²) in [6.45, 7) is 2.32. The second kappa shape index (κ2) is 19.3. The summed E-state index contributed by atoms with van der Waals surface area (Å²) in [6, 6.07) is -2.25. The van der Waals surface area contributed by atoms with Gasteiger partial charge < -0.3 is 73.3 Å². The monoisotopic (exact) mass is 792 g/mol. The first-order chi connectivity index (χ1) is 26.1. The molecule has 0 saturated carbocycles. The second-order valence-corrected chi connectivity index (χ2v) is 13.7. The Morgan fingerprint density at radius 2 is 1.20 bits per heavy atom. The molecule has 4 aliphatic rings. The molecular weight excluding hydrogens is 740 g/mol. The summed E-state index contributed by atoms with van der Waals surface area (Å²) in [4.78, 5) is 76.2. The average molecular weight is 793 g/mol. The van der Waals surface area contributed by atoms with E-state index in [1.807, 2.05) is 0 Å². The summed E-state index contributed by atoms with van der Waals surface area (Å²) >= 11 is 0. The second-order valence-electron chi connectivity index (χ2n) is 13.7. The summed E-state index contributed by atoms with van der Waals surface area (Å²) in [5.41, 5.74) is 0. The van der Waals surface area contributed by atoms with E-state index < -0.39 is 128 Å². The molecule has 2 amide bonds. The number of amides is 2. The fourth-order valence-electron chi connectivity index (χ4n) is 7.16. The minimum absolute atomic E-state index is 0.0394. The van der Waals surface area contributed by atoms with Crippen LogP contribution in [0.1, 0.15) is 72.1 Å². The molecular formula is C34H52N2O19. The number of carbonyl (C=O) groups excluding carboxylic acids is 6. The Morgan fingerprint density at radius 3 is 1.65 bits per heavy atom. The van der Waals surface area contributed by atoms with Crippen molar-refractivity contribution in [3.05, 3.63) is 0 Å². The van der Waals surface area contributed by atoms with Gasteiger partial charge in [0.1, 0.15) is 36.6 Å². The molecule has 4 heterocycles. The van der Waals surface area contributed by atoms with Crippen molar-refractivity contribution in [2.45, 2.75) is 145 Å². The van der Waals surface area contributed by atoms with Gasteiger partial charge in [0.15, 0.2) is 12.2 Å². The number of fused-ring (bicyclic) bond motifs is 2. The molecule has 0 aromatic rings. The highest BCUT2D eigenvalue weighted by molar-refractivity contribution is 5.79. The zero-order valence-electron chi connectivity index (χ0n) is 31.4. The van der Waals surface area contributed by atoms with Crippen molar-refractivity contribution in [2.24, 2.45) is 0 Å². The van der Waals surface area contributed by atoms with Gasteiger partial charge in [-0.2, -0.15) is 0 Å². The van der Waals surface area contributed by atoms with Crippen LogP contribution in [0.5, 0.6) is 0 Å². The van der Waals surface area contributed by atoms with Gasteiger partial charge in [0.2, 0.25) is 0 Å². The Hall–Kier alpha value is -3.86. The van der Waals surface area contributed by atoms with Crippen LogP contribution >= 0.6 is 0 Å². The maximum Gasteiger partial charge on any atom is 0.407 e. The molecule has 0 aliphatic carbocycles. The first kappa shape index (κ1) is 43.9. The van der Waals surface area contributed by atoms with Crippen LogP contribution in [-0.4, -0.2) is 158 Å². The van der Waals surface area contributed by atoms with E-state index in [1.54, 1.807) is 0 Å². The Morgan fingerprint density at radius 1 is 0.745 bits per heavy atom. The molecule has 312 valence electrons. The number of hydrogen-bond donors (Lipinski definition) is 5. The van der Waals surface area contributed by atoms with Crippen LogP contribution in [0.2, 0.25) is 0 Å². The molecule has 21 heteroatoms. The number of esters is 4. The molecule has 0 aromatic heterocycles. The number of methoxy groups -OCH3 is 2. The van der Waals surface area contributed by atoms with Crippen LogP contribution in [0.4, 0.5) is 9.59 Å². The molecule has 0 bridgehead atoms. The molecule has 0 aromatic carbocycles. The highest BCUT2D eigenvalue weighted by Gasteiger charge is 2.63. The predicted octanol–water partition coefficient (Wildman–Crippen LogP) is -0.772. The zero-order chi connectivity index (χ0) is 40.5. The van der Waals surface area contributed by atoms with Crippen molar-refractivity contribution in [1.29, 1.82) is 0 Å². The van der Waals surface area contributed by atoms with Crippen LogP contribution in [0.25, 0.3) is 0 Å². The Balaban J connectivity index is 1.64. The van der Waals surface area contributed by atoms with Crippen molar-refractivity contribution in [3.63, 3.8) is 0 Å². The average Bonchev–Trinajstić information content (AvgIpc) is 3.72. The van der Waals surface area contributed by atoms with Crippen molar-refractivity contribution in [2.75, 3.05) is 34.0 Å². The van der Waals surface area contributed by atoms with Gasteiger partial charge in [-0.25, -0.2) is 19.2 Å². The zero-order valence-corrected chi connectivity index (χ0v) is 31.4. The number of aliphatic hydroxyl groups is 3. The fourth-order valence-corrected chi connectivity index (χ4v) is 7.16. The van der Waals surface area contributed by atoms with Crippen LogP contribution in [-0.2, 0) is 66.5 Å². The normalized spacial score (nSPS) is 31.9. The van der Waals surface area contributed by atoms with E-state index in [1.165, 1.54) is 0 Å². The number of alkyl carbamates (subject to hydrolysis) is 2. The largest absolute Gasteiger partial charge is 0.465 e. The Bertz CT molecular complexity index is 1380. The van der Waals surface area contributed by atoms with E-state index in [-0.39, 0.29) is 13.0 Å². The summed E-state index contributed by atoms with van der Waals surface area (Å²) in [6.07, 6.45) is -9.92. The minimum atomic E-state index is -2.54. The third-order valence-electron chi connectivity index (χ3n) is 9.70. The van der Waals surface area contributed by atoms with Gasteiger partial charge in [-0.15, -0.1) is 0 Å². The van der Waals surface area contributed by atoms with E-state index in [0.29, 0.717) is 6.42 Å². The van der Waals surface area contributed by atoms with Crippen molar-refractivity contribution in [3.8, 4) is 0 Å². The first-order valence-electron chi connectivity index (χ1n) is 18.2. The minimum Gasteiger partial charge on any atom is -0.465 e. The number of aliphatic hydroxyl groups excluding tert-OH is 3. The van der Waals surface area contributed by atoms with Crippen LogP contribution in [0.3, 0.4) is 0 Å². The number of unbranched alkanes of at least 4 members (excludes halogenated alkanes) is 5. The maximum absolute atomic E-state index is 13.5. The fraction of sp³-hybridized carbons (Fsp3) is 0.824. The number of hydrogen-bond acceptors (Lipinski definition) is 19. The molecule has 4 fully saturated rings. The Kier molecular flexibility index (Phi) is 15.4. The quantitative estimate of drug-likeness (QED) is 0.0575. The third-order valence-corrected chi connectivity index (χ3v) is 9.70. The van der Waals surface area contributed by atoms with Crippen LogP contribution in [0.15, 0.2) is 0 Å². The van der Waals surface area contributed by atoms with Gasteiger partial charge in [-0.05, 0) is 6.42 Å². The van der Waals surface area contributed by atoms with Gasteiger partial charge in [0, 0.05) is 13.8 Å². The van der Waals surface area contributed by atoms with Crippen LogP contribution < -0.4 is 10.6 Å². The number of rotatable bonds is 20. The van der Waals surface area contributed by atoms with Gasteiger partial charge >= 0.3 is 36.1 Å². The smallest absolute Gasteiger partial charge is 0.407 e. The van der Waals surface area contributed by atoms with E-state index in [0.717, 1.165) is 60.2 Å². The molecule has 5 N–H and O–H groups in total. The molecule has 21 nitrogen and oxygen atoms in total. The van der Waals surface area contributed by atoms with Crippen molar-refractivity contribution < 1.29 is 91.5 Å². The first-order valence-corrected chi connectivity index (χ1v) is 18.2. The summed E-state index contributed by atoms with van der Waals surface area (Å²) in [5, 5.41) is 37.0. The Labute approximate surface area is 316 Å². The topological polar surface area (TPSA) is 279 Å². The van der Waals surface area contributed by atoms with E-state index in [4.69, 9.17) is 47.4 Å². The summed E-state index contributed by atoms with van der Waals surface area (Å²) in [7, 11) is 2.09. The lowest BCUT2D eigenvalue weighted by molar-refractivity contribution is -0.322. The third kappa shape index (κ3) is 10.3. The SMILES string of the molecule is CCCCCCCCO[C@]1(C(=O)OC)C[C@@H]2OC(=O)N[C@H]2[C@H]([C@H](OC(C)=O)[C@H](O)COC2(C(=O)OC)C[C@@H]3OC(=O)N[C@H]3[C@H]([C@H](OC(C)=O)[C@H](O)CO)O2)O1. The number of nitrogens with one attached hydrogen (secondary N) is 2. The summed E-state index contributed by atoms with van der Waals surface area (Å²) < 4.78 is 55.7. The number of ether oxygens (including phenoxy) is 10. The molecule has 12 atom stereocenters. The van der Waals surface area contributed by atoms with E-state index in [9.17, 15) is 44.1 Å². The van der Waals surface area contributed by atoms with Gasteiger partial charge in [0.25, 0.3) is 11.6 Å². The van der Waals surface area contributed by atoms with Gasteiger partial charge in [-0.3, -0.25) is 9.59 Å². The van der Waals surface area contributed by atoms with Crippen molar-refractivity contribution >= 4 is 36.1 Å². The number of carbonyl (C=O) groups is 6. The van der Waals surface area contributed by atoms with Crippen LogP contribution in [0, 0.1) is 0 Å². The summed E-state index contributed by atoms with van der Waals surface area (Å²) in [5.74, 6) is -8.75. The lowest BCUT2D eigenvalue weighted by Gasteiger charge is -2.47.